The van der Waals surface area contributed by atoms with Crippen LogP contribution in [0.5, 0.6) is 0 Å². The van der Waals surface area contributed by atoms with Crippen LogP contribution in [-0.2, 0) is 14.4 Å². The van der Waals surface area contributed by atoms with Gasteiger partial charge in [0.1, 0.15) is 6.04 Å². The molecule has 3 aliphatic rings. The number of nitrogens with zero attached hydrogens (tertiary/aromatic N) is 1. The molecule has 3 unspecified atom stereocenters. The van der Waals surface area contributed by atoms with Gasteiger partial charge in [0.25, 0.3) is 0 Å². The van der Waals surface area contributed by atoms with Gasteiger partial charge in [0.15, 0.2) is 0 Å². The second-order valence-electron chi connectivity index (χ2n) is 8.57. The first kappa shape index (κ1) is 22.4. The van der Waals surface area contributed by atoms with Crippen LogP contribution in [0.4, 0.5) is 5.69 Å². The zero-order valence-electron chi connectivity index (χ0n) is 17.6. The number of para-hydroxylation sites is 1. The van der Waals surface area contributed by atoms with Gasteiger partial charge >= 0.3 is 0 Å². The summed E-state index contributed by atoms with van der Waals surface area (Å²) in [6.45, 7) is 4.41. The molecule has 9 heteroatoms. The summed E-state index contributed by atoms with van der Waals surface area (Å²) in [5.41, 5.74) is 0.479. The summed E-state index contributed by atoms with van der Waals surface area (Å²) < 4.78 is -0.698. The minimum Gasteiger partial charge on any atom is -0.395 e. The van der Waals surface area contributed by atoms with Gasteiger partial charge in [-0.2, -0.15) is 0 Å². The number of nitrogens with one attached hydrogen (secondary N) is 2. The van der Waals surface area contributed by atoms with Gasteiger partial charge in [-0.05, 0) is 30.9 Å². The van der Waals surface area contributed by atoms with Crippen molar-refractivity contribution in [2.24, 2.45) is 17.8 Å². The van der Waals surface area contributed by atoms with Crippen LogP contribution in [-0.4, -0.2) is 63.5 Å². The summed E-state index contributed by atoms with van der Waals surface area (Å²) in [4.78, 5) is 41.6. The van der Waals surface area contributed by atoms with Crippen molar-refractivity contribution in [2.75, 3.05) is 25.0 Å². The number of hydrogen-bond donors (Lipinski definition) is 3. The average Bonchev–Trinajstić information content (AvgIpc) is 3.32. The Labute approximate surface area is 191 Å². The average molecular weight is 466 g/mol. The first-order valence-electron chi connectivity index (χ1n) is 10.8. The molecule has 3 heterocycles. The van der Waals surface area contributed by atoms with Gasteiger partial charge in [0.2, 0.25) is 17.7 Å². The predicted molar refractivity (Wildman–Crippen MR) is 121 cm³/mol. The van der Waals surface area contributed by atoms with Crippen molar-refractivity contribution in [3.8, 4) is 0 Å². The fraction of sp³-hybridized carbons (Fsp3) is 0.591. The lowest BCUT2D eigenvalue weighted by atomic mass is 9.66. The van der Waals surface area contributed by atoms with Crippen LogP contribution in [0.15, 0.2) is 24.3 Å². The highest BCUT2D eigenvalue weighted by Gasteiger charge is 2.75. The number of fused-ring (bicyclic) bond motifs is 1. The number of β-amino-alcohol motifs (C(OH)–C–C–N with tert-alkyl or cyclic N) is 1. The molecule has 1 spiro atoms. The van der Waals surface area contributed by atoms with Gasteiger partial charge < -0.3 is 20.6 Å². The van der Waals surface area contributed by atoms with E-state index in [2.05, 4.69) is 17.6 Å². The highest BCUT2D eigenvalue weighted by molar-refractivity contribution is 8.02. The molecule has 3 fully saturated rings. The van der Waals surface area contributed by atoms with Crippen LogP contribution >= 0.6 is 23.4 Å². The smallest absolute Gasteiger partial charge is 0.248 e. The third-order valence-electron chi connectivity index (χ3n) is 6.82. The maximum atomic E-state index is 13.6. The summed E-state index contributed by atoms with van der Waals surface area (Å²) in [5.74, 6) is -1.60. The highest BCUT2D eigenvalue weighted by atomic mass is 35.5. The Morgan fingerprint density at radius 2 is 2.06 bits per heavy atom. The Morgan fingerprint density at radius 3 is 2.74 bits per heavy atom. The number of thioether (sulfide) groups is 1. The van der Waals surface area contributed by atoms with Gasteiger partial charge in [-0.3, -0.25) is 14.4 Å². The van der Waals surface area contributed by atoms with Crippen LogP contribution in [0.25, 0.3) is 0 Å². The third-order valence-corrected chi connectivity index (χ3v) is 9.22. The maximum Gasteiger partial charge on any atom is 0.248 e. The van der Waals surface area contributed by atoms with Crippen LogP contribution in [0, 0.1) is 17.8 Å². The number of aliphatic hydroxyl groups excluding tert-OH is 1. The number of likely N-dealkylation sites (tertiary alicyclic amines) is 1. The maximum absolute atomic E-state index is 13.6. The number of halogens is 1. The normalized spacial score (nSPS) is 33.5. The number of carbonyl (C=O) groups is 3. The minimum atomic E-state index is -0.776. The van der Waals surface area contributed by atoms with E-state index in [1.54, 1.807) is 36.0 Å². The summed E-state index contributed by atoms with van der Waals surface area (Å²) in [7, 11) is 0. The molecular formula is C22H28ClN3O4S. The second kappa shape index (κ2) is 8.64. The lowest BCUT2D eigenvalue weighted by Crippen LogP contribution is -2.55. The molecule has 0 aliphatic carbocycles. The Balaban J connectivity index is 1.71. The van der Waals surface area contributed by atoms with Crippen LogP contribution < -0.4 is 10.6 Å². The summed E-state index contributed by atoms with van der Waals surface area (Å²) in [5, 5.41) is 15.9. The van der Waals surface area contributed by atoms with Gasteiger partial charge in [0, 0.05) is 18.3 Å². The van der Waals surface area contributed by atoms with E-state index < -0.39 is 22.6 Å². The molecule has 7 nitrogen and oxygen atoms in total. The molecule has 1 aromatic rings. The molecule has 0 radical (unpaired) electrons. The van der Waals surface area contributed by atoms with Crippen molar-refractivity contribution >= 4 is 46.8 Å². The first-order chi connectivity index (χ1) is 14.9. The van der Waals surface area contributed by atoms with Gasteiger partial charge in [-0.1, -0.05) is 37.6 Å². The predicted octanol–water partition coefficient (Wildman–Crippen LogP) is 2.13. The number of anilines is 1. The third kappa shape index (κ3) is 3.43. The molecule has 2 bridgehead atoms. The molecule has 3 aliphatic heterocycles. The molecule has 0 saturated carbocycles. The number of rotatable bonds is 7. The van der Waals surface area contributed by atoms with E-state index in [9.17, 15) is 19.5 Å². The quantitative estimate of drug-likeness (QED) is 0.573. The molecule has 0 aromatic heterocycles. The number of hydrogen-bond acceptors (Lipinski definition) is 5. The van der Waals surface area contributed by atoms with Gasteiger partial charge in [-0.25, -0.2) is 0 Å². The summed E-state index contributed by atoms with van der Waals surface area (Å²) >= 11 is 7.85. The molecule has 3 N–H and O–H groups in total. The van der Waals surface area contributed by atoms with Crippen molar-refractivity contribution in [3.05, 3.63) is 29.3 Å². The van der Waals surface area contributed by atoms with E-state index in [-0.39, 0.29) is 42.0 Å². The number of carbonyl (C=O) groups excluding carboxylic acids is 3. The van der Waals surface area contributed by atoms with E-state index in [0.29, 0.717) is 17.3 Å². The molecular weight excluding hydrogens is 438 g/mol. The minimum absolute atomic E-state index is 0.00713. The fourth-order valence-corrected chi connectivity index (χ4v) is 8.20. The van der Waals surface area contributed by atoms with Crippen molar-refractivity contribution in [3.63, 3.8) is 0 Å². The van der Waals surface area contributed by atoms with Crippen molar-refractivity contribution < 1.29 is 19.5 Å². The van der Waals surface area contributed by atoms with Gasteiger partial charge in [-0.15, -0.1) is 11.8 Å². The van der Waals surface area contributed by atoms with E-state index in [1.165, 1.54) is 4.90 Å². The van der Waals surface area contributed by atoms with Crippen LogP contribution in [0.2, 0.25) is 5.02 Å². The fourth-order valence-electron chi connectivity index (χ4n) is 5.60. The van der Waals surface area contributed by atoms with Crippen molar-refractivity contribution in [1.29, 1.82) is 0 Å². The number of benzene rings is 1. The van der Waals surface area contributed by atoms with E-state index >= 15 is 0 Å². The Bertz CT molecular complexity index is 899. The number of amides is 3. The standard InChI is InChI=1S/C22H28ClN3O4S/c1-3-8-24-19(28)16-15-11-12(2)22(31-15)17(16)21(30)26(9-10-27)18(22)20(29)25-14-7-5-4-6-13(14)23/h4-7,12,15-18,27H,3,8-11H2,1-2H3,(H,24,28)(H,25,29)/t12?,15-,16+,17+,18?,22?/m1/s1. The van der Waals surface area contributed by atoms with Gasteiger partial charge in [0.05, 0.1) is 33.9 Å². The number of aliphatic hydroxyl groups is 1. The molecule has 3 amide bonds. The monoisotopic (exact) mass is 465 g/mol. The largest absolute Gasteiger partial charge is 0.395 e. The summed E-state index contributed by atoms with van der Waals surface area (Å²) in [6, 6.07) is 6.19. The van der Waals surface area contributed by atoms with Crippen molar-refractivity contribution in [2.45, 2.75) is 42.7 Å². The molecule has 31 heavy (non-hydrogen) atoms. The molecule has 4 rings (SSSR count). The Hall–Kier alpha value is -1.77. The van der Waals surface area contributed by atoms with Crippen LogP contribution in [0.3, 0.4) is 0 Å². The molecule has 168 valence electrons. The van der Waals surface area contributed by atoms with E-state index in [1.807, 2.05) is 6.92 Å². The van der Waals surface area contributed by atoms with Crippen LogP contribution in [0.1, 0.15) is 26.7 Å². The topological polar surface area (TPSA) is 98.7 Å². The Kier molecular flexibility index (Phi) is 6.25. The first-order valence-corrected chi connectivity index (χ1v) is 12.0. The SMILES string of the molecule is CCCNC(=O)[C@@H]1[C@H]2C(=O)N(CCO)C(C(=O)Nc3ccccc3Cl)C23S[C@@H]1CC3C. The van der Waals surface area contributed by atoms with E-state index in [0.717, 1.165) is 12.8 Å². The van der Waals surface area contributed by atoms with E-state index in [4.69, 9.17) is 11.6 Å². The Morgan fingerprint density at radius 1 is 1.32 bits per heavy atom. The molecule has 1 aromatic carbocycles. The summed E-state index contributed by atoms with van der Waals surface area (Å²) in [6.07, 6.45) is 1.59. The lowest BCUT2D eigenvalue weighted by molar-refractivity contribution is -0.139. The highest BCUT2D eigenvalue weighted by Crippen LogP contribution is 2.68. The lowest BCUT2D eigenvalue weighted by Gasteiger charge is -2.38. The second-order valence-corrected chi connectivity index (χ2v) is 10.5. The van der Waals surface area contributed by atoms with Crippen molar-refractivity contribution in [1.82, 2.24) is 10.2 Å². The zero-order valence-corrected chi connectivity index (χ0v) is 19.2. The zero-order chi connectivity index (χ0) is 22.3. The molecule has 3 saturated heterocycles. The molecule has 6 atom stereocenters.